The van der Waals surface area contributed by atoms with Crippen LogP contribution in [-0.4, -0.2) is 41.9 Å². The molecule has 0 bridgehead atoms. The molecule has 1 aliphatic carbocycles. The summed E-state index contributed by atoms with van der Waals surface area (Å²) in [6, 6.07) is 15.8. The molecule has 1 atom stereocenters. The summed E-state index contributed by atoms with van der Waals surface area (Å²) in [7, 11) is 0. The van der Waals surface area contributed by atoms with Gasteiger partial charge in [-0.2, -0.15) is 9.50 Å². The molecular formula is C23H22ClN5O4. The first kappa shape index (κ1) is 21.6. The molecule has 0 radical (unpaired) electrons. The Hall–Kier alpha value is -3.24. The molecule has 1 fully saturated rings. The number of benzene rings is 2. The topological polar surface area (TPSA) is 125 Å². The average Bonchev–Trinajstić information content (AvgIpc) is 3.45. The Balaban J connectivity index is 1.39. The van der Waals surface area contributed by atoms with Gasteiger partial charge in [0.1, 0.15) is 18.6 Å². The van der Waals surface area contributed by atoms with E-state index in [1.165, 1.54) is 10.6 Å². The van der Waals surface area contributed by atoms with Crippen LogP contribution in [0.3, 0.4) is 0 Å². The molecule has 1 unspecified atom stereocenters. The lowest BCUT2D eigenvalue weighted by Crippen LogP contribution is -2.38. The number of aliphatic hydroxyl groups is 2. The molecule has 2 aromatic heterocycles. The molecule has 4 aromatic rings. The summed E-state index contributed by atoms with van der Waals surface area (Å²) in [5.74, 6) is 1.11. The maximum Gasteiger partial charge on any atom is 0.274 e. The van der Waals surface area contributed by atoms with Crippen molar-refractivity contribution < 1.29 is 14.9 Å². The second kappa shape index (κ2) is 8.60. The van der Waals surface area contributed by atoms with Gasteiger partial charge in [-0.1, -0.05) is 48.0 Å². The predicted octanol–water partition coefficient (Wildman–Crippen LogP) is 2.42. The van der Waals surface area contributed by atoms with E-state index in [0.717, 1.165) is 18.4 Å². The maximum atomic E-state index is 12.6. The highest BCUT2D eigenvalue weighted by Gasteiger charge is 2.44. The average molecular weight is 468 g/mol. The smallest absolute Gasteiger partial charge is 0.274 e. The first-order valence-electron chi connectivity index (χ1n) is 10.5. The van der Waals surface area contributed by atoms with Gasteiger partial charge >= 0.3 is 0 Å². The third-order valence-corrected chi connectivity index (χ3v) is 6.02. The monoisotopic (exact) mass is 467 g/mol. The molecule has 0 aliphatic heterocycles. The Morgan fingerprint density at radius 3 is 2.70 bits per heavy atom. The molecule has 4 N–H and O–H groups in total. The van der Waals surface area contributed by atoms with Gasteiger partial charge in [0.25, 0.3) is 11.3 Å². The highest BCUT2D eigenvalue weighted by atomic mass is 35.5. The molecule has 0 spiro atoms. The highest BCUT2D eigenvalue weighted by molar-refractivity contribution is 6.31. The number of aromatic amines is 1. The van der Waals surface area contributed by atoms with Crippen LogP contribution in [-0.2, 0) is 6.61 Å². The van der Waals surface area contributed by atoms with Crippen molar-refractivity contribution >= 4 is 17.4 Å². The minimum absolute atomic E-state index is 0.0233. The van der Waals surface area contributed by atoms with Gasteiger partial charge in [0.15, 0.2) is 5.82 Å². The van der Waals surface area contributed by atoms with Crippen LogP contribution >= 0.6 is 11.6 Å². The number of fused-ring (bicyclic) bond motifs is 1. The number of hydrogen-bond donors (Lipinski definition) is 4. The first-order chi connectivity index (χ1) is 16.0. The number of halogens is 1. The van der Waals surface area contributed by atoms with Crippen LogP contribution in [0.15, 0.2) is 59.4 Å². The van der Waals surface area contributed by atoms with E-state index in [-0.39, 0.29) is 24.6 Å². The van der Waals surface area contributed by atoms with Crippen molar-refractivity contribution in [1.82, 2.24) is 24.9 Å². The lowest BCUT2D eigenvalue weighted by atomic mass is 10.1. The fourth-order valence-corrected chi connectivity index (χ4v) is 3.92. The van der Waals surface area contributed by atoms with Gasteiger partial charge in [0, 0.05) is 17.2 Å². The van der Waals surface area contributed by atoms with Gasteiger partial charge in [0.05, 0.1) is 22.9 Å². The van der Waals surface area contributed by atoms with Gasteiger partial charge in [-0.3, -0.25) is 15.2 Å². The second-order valence-electron chi connectivity index (χ2n) is 8.09. The standard InChI is InChI=1S/C23H22ClN5O4/c24-16-7-4-8-17(19(16)21(32)27-23(13-30)9-10-23)33-12-15-11-18(31)29-22(25-15)26-20(28-29)14-5-2-1-3-6-14/h1-8,11,21,27,30,32H,9-10,12-13H2,(H,25,26,28). The SMILES string of the molecule is O=c1cc(COc2cccc(Cl)c2C(O)NC2(CO)CC2)nc2nc(-c3ccccc3)[nH]n12. The maximum absolute atomic E-state index is 12.6. The van der Waals surface area contributed by atoms with Gasteiger partial charge in [-0.15, -0.1) is 0 Å². The van der Waals surface area contributed by atoms with Gasteiger partial charge in [-0.05, 0) is 25.0 Å². The van der Waals surface area contributed by atoms with Crippen molar-refractivity contribution in [3.8, 4) is 17.1 Å². The Bertz CT molecular complexity index is 1350. The van der Waals surface area contributed by atoms with Gasteiger partial charge < -0.3 is 14.9 Å². The lowest BCUT2D eigenvalue weighted by Gasteiger charge is -2.23. The Kier molecular flexibility index (Phi) is 5.63. The molecular weight excluding hydrogens is 446 g/mol. The second-order valence-corrected chi connectivity index (χ2v) is 8.49. The van der Waals surface area contributed by atoms with E-state index < -0.39 is 11.8 Å². The van der Waals surface area contributed by atoms with E-state index in [9.17, 15) is 15.0 Å². The van der Waals surface area contributed by atoms with E-state index >= 15 is 0 Å². The number of ether oxygens (including phenoxy) is 1. The van der Waals surface area contributed by atoms with E-state index in [1.54, 1.807) is 18.2 Å². The quantitative estimate of drug-likeness (QED) is 0.293. The van der Waals surface area contributed by atoms with E-state index in [1.807, 2.05) is 30.3 Å². The number of rotatable bonds is 8. The molecule has 2 heterocycles. The van der Waals surface area contributed by atoms with Crippen molar-refractivity contribution in [2.45, 2.75) is 31.2 Å². The van der Waals surface area contributed by atoms with Crippen molar-refractivity contribution in [3.05, 3.63) is 81.2 Å². The molecule has 9 nitrogen and oxygen atoms in total. The summed E-state index contributed by atoms with van der Waals surface area (Å²) >= 11 is 6.34. The van der Waals surface area contributed by atoms with E-state index in [2.05, 4.69) is 20.4 Å². The zero-order valence-corrected chi connectivity index (χ0v) is 18.3. The number of nitrogens with one attached hydrogen (secondary N) is 2. The zero-order valence-electron chi connectivity index (χ0n) is 17.5. The first-order valence-corrected chi connectivity index (χ1v) is 10.9. The third kappa shape index (κ3) is 4.36. The van der Waals surface area contributed by atoms with Crippen LogP contribution in [0, 0.1) is 0 Å². The molecule has 10 heteroatoms. The molecule has 170 valence electrons. The summed E-state index contributed by atoms with van der Waals surface area (Å²) in [6.07, 6.45) is 0.414. The van der Waals surface area contributed by atoms with Crippen molar-refractivity contribution in [2.24, 2.45) is 0 Å². The van der Waals surface area contributed by atoms with Crippen LogP contribution in [0.2, 0.25) is 5.02 Å². The zero-order chi connectivity index (χ0) is 23.0. The van der Waals surface area contributed by atoms with Crippen molar-refractivity contribution in [3.63, 3.8) is 0 Å². The molecule has 5 rings (SSSR count). The Morgan fingerprint density at radius 2 is 1.97 bits per heavy atom. The van der Waals surface area contributed by atoms with Crippen molar-refractivity contribution in [1.29, 1.82) is 0 Å². The molecule has 0 saturated heterocycles. The molecule has 1 saturated carbocycles. The van der Waals surface area contributed by atoms with E-state index in [4.69, 9.17) is 16.3 Å². The highest BCUT2D eigenvalue weighted by Crippen LogP contribution is 2.39. The van der Waals surface area contributed by atoms with Crippen molar-refractivity contribution in [2.75, 3.05) is 6.61 Å². The Morgan fingerprint density at radius 1 is 1.18 bits per heavy atom. The van der Waals surface area contributed by atoms with Crippen LogP contribution in [0.25, 0.3) is 17.2 Å². The summed E-state index contributed by atoms with van der Waals surface area (Å²) < 4.78 is 7.17. The van der Waals surface area contributed by atoms with Crippen LogP contribution < -0.4 is 15.6 Å². The molecule has 0 amide bonds. The molecule has 2 aromatic carbocycles. The summed E-state index contributed by atoms with van der Waals surface area (Å²) in [5, 5.41) is 26.6. The molecule has 33 heavy (non-hydrogen) atoms. The number of aromatic nitrogens is 4. The summed E-state index contributed by atoms with van der Waals surface area (Å²) in [4.78, 5) is 21.4. The Labute approximate surface area is 193 Å². The number of aliphatic hydroxyl groups excluding tert-OH is 2. The minimum atomic E-state index is -1.12. The summed E-state index contributed by atoms with van der Waals surface area (Å²) in [6.45, 7) is -0.0995. The third-order valence-electron chi connectivity index (χ3n) is 5.69. The number of H-pyrrole nitrogens is 1. The fraction of sp³-hybridized carbons (Fsp3) is 0.261. The fourth-order valence-electron chi connectivity index (χ4n) is 3.65. The minimum Gasteiger partial charge on any atom is -0.487 e. The summed E-state index contributed by atoms with van der Waals surface area (Å²) in [5.41, 5.74) is 0.769. The van der Waals surface area contributed by atoms with Gasteiger partial charge in [-0.25, -0.2) is 4.98 Å². The number of hydrogen-bond acceptors (Lipinski definition) is 7. The van der Waals surface area contributed by atoms with Gasteiger partial charge in [0.2, 0.25) is 0 Å². The normalized spacial score (nSPS) is 15.5. The molecule has 1 aliphatic rings. The lowest BCUT2D eigenvalue weighted by molar-refractivity contribution is 0.0933. The van der Waals surface area contributed by atoms with Crippen LogP contribution in [0.4, 0.5) is 0 Å². The predicted molar refractivity (Wildman–Crippen MR) is 122 cm³/mol. The van der Waals surface area contributed by atoms with E-state index in [0.29, 0.717) is 27.9 Å². The largest absolute Gasteiger partial charge is 0.487 e. The van der Waals surface area contributed by atoms with Crippen LogP contribution in [0.1, 0.15) is 30.3 Å². The van der Waals surface area contributed by atoms with Crippen LogP contribution in [0.5, 0.6) is 5.75 Å². The number of nitrogens with zero attached hydrogens (tertiary/aromatic N) is 3.